The number of ether oxygens (including phenoxy) is 1. The number of rotatable bonds is 6. The molecule has 2 aromatic heterocycles. The maximum atomic E-state index is 12.0. The summed E-state index contributed by atoms with van der Waals surface area (Å²) in [5, 5.41) is 3.66. The summed E-state index contributed by atoms with van der Waals surface area (Å²) in [6, 6.07) is 10.4. The summed E-state index contributed by atoms with van der Waals surface area (Å²) in [4.78, 5) is 37.8. The van der Waals surface area contributed by atoms with Gasteiger partial charge in [0.1, 0.15) is 17.0 Å². The van der Waals surface area contributed by atoms with Crippen LogP contribution in [0, 0.1) is 0 Å². The third-order valence-electron chi connectivity index (χ3n) is 3.89. The van der Waals surface area contributed by atoms with Crippen molar-refractivity contribution in [2.75, 3.05) is 6.61 Å². The number of carbonyl (C=O) groups is 3. The molecule has 134 valence electrons. The summed E-state index contributed by atoms with van der Waals surface area (Å²) in [6.45, 7) is 2.74. The first kappa shape index (κ1) is 17.5. The van der Waals surface area contributed by atoms with Gasteiger partial charge in [-0.1, -0.05) is 18.2 Å². The minimum absolute atomic E-state index is 0.119. The number of carbonyl (C=O) groups excluding carboxylic acids is 3. The van der Waals surface area contributed by atoms with Crippen LogP contribution in [0.3, 0.4) is 0 Å². The molecule has 0 saturated heterocycles. The lowest BCUT2D eigenvalue weighted by Crippen LogP contribution is -2.31. The van der Waals surface area contributed by atoms with Crippen LogP contribution in [0.5, 0.6) is 0 Å². The molecule has 1 atom stereocenters. The molecule has 3 rings (SSSR count). The lowest BCUT2D eigenvalue weighted by molar-refractivity contribution is -0.125. The SMILES string of the molecule is CC(=O)c1c[nH]c(C(=O)OCC(=O)N[C@H](C)c2cc3ccccc3o2)c1. The van der Waals surface area contributed by atoms with Crippen molar-refractivity contribution < 1.29 is 23.5 Å². The van der Waals surface area contributed by atoms with Crippen LogP contribution in [0.4, 0.5) is 0 Å². The van der Waals surface area contributed by atoms with E-state index < -0.39 is 18.5 Å². The minimum atomic E-state index is -0.705. The van der Waals surface area contributed by atoms with Gasteiger partial charge in [0.25, 0.3) is 5.91 Å². The first-order valence-electron chi connectivity index (χ1n) is 8.08. The van der Waals surface area contributed by atoms with Crippen LogP contribution < -0.4 is 5.32 Å². The molecular weight excluding hydrogens is 336 g/mol. The van der Waals surface area contributed by atoms with E-state index in [4.69, 9.17) is 9.15 Å². The molecule has 7 nitrogen and oxygen atoms in total. The van der Waals surface area contributed by atoms with Gasteiger partial charge >= 0.3 is 5.97 Å². The second-order valence-corrected chi connectivity index (χ2v) is 5.91. The Morgan fingerprint density at radius 1 is 1.23 bits per heavy atom. The summed E-state index contributed by atoms with van der Waals surface area (Å²) in [7, 11) is 0. The first-order valence-corrected chi connectivity index (χ1v) is 8.08. The second kappa shape index (κ2) is 7.26. The number of hydrogen-bond acceptors (Lipinski definition) is 5. The zero-order valence-corrected chi connectivity index (χ0v) is 14.4. The fourth-order valence-electron chi connectivity index (χ4n) is 2.49. The number of hydrogen-bond donors (Lipinski definition) is 2. The normalized spacial score (nSPS) is 11.9. The van der Waals surface area contributed by atoms with Crippen LogP contribution in [0.25, 0.3) is 11.0 Å². The minimum Gasteiger partial charge on any atom is -0.459 e. The lowest BCUT2D eigenvalue weighted by Gasteiger charge is -2.11. The van der Waals surface area contributed by atoms with Crippen LogP contribution >= 0.6 is 0 Å². The molecule has 0 spiro atoms. The van der Waals surface area contributed by atoms with Gasteiger partial charge in [-0.3, -0.25) is 9.59 Å². The van der Waals surface area contributed by atoms with E-state index in [0.717, 1.165) is 11.0 Å². The van der Waals surface area contributed by atoms with Crippen molar-refractivity contribution in [3.63, 3.8) is 0 Å². The maximum absolute atomic E-state index is 12.0. The Morgan fingerprint density at radius 3 is 2.69 bits per heavy atom. The summed E-state index contributed by atoms with van der Waals surface area (Å²) in [6.07, 6.45) is 1.42. The number of aromatic amines is 1. The fourth-order valence-corrected chi connectivity index (χ4v) is 2.49. The molecule has 3 aromatic rings. The van der Waals surface area contributed by atoms with Gasteiger partial charge in [0.15, 0.2) is 12.4 Å². The van der Waals surface area contributed by atoms with Crippen molar-refractivity contribution >= 4 is 28.6 Å². The number of amides is 1. The summed E-state index contributed by atoms with van der Waals surface area (Å²) in [5.41, 5.74) is 1.23. The van der Waals surface area contributed by atoms with E-state index in [-0.39, 0.29) is 17.5 Å². The predicted molar refractivity (Wildman–Crippen MR) is 93.9 cm³/mol. The maximum Gasteiger partial charge on any atom is 0.355 e. The quantitative estimate of drug-likeness (QED) is 0.523. The number of H-pyrrole nitrogens is 1. The largest absolute Gasteiger partial charge is 0.459 e. The van der Waals surface area contributed by atoms with E-state index in [2.05, 4.69) is 10.3 Å². The first-order chi connectivity index (χ1) is 12.4. The number of nitrogens with one attached hydrogen (secondary N) is 2. The van der Waals surface area contributed by atoms with Crippen molar-refractivity contribution in [3.05, 3.63) is 59.6 Å². The van der Waals surface area contributed by atoms with Crippen LogP contribution in [-0.2, 0) is 9.53 Å². The monoisotopic (exact) mass is 354 g/mol. The molecule has 26 heavy (non-hydrogen) atoms. The summed E-state index contributed by atoms with van der Waals surface area (Å²) < 4.78 is 10.6. The van der Waals surface area contributed by atoms with Gasteiger partial charge in [-0.05, 0) is 32.0 Å². The van der Waals surface area contributed by atoms with Gasteiger partial charge in [-0.15, -0.1) is 0 Å². The number of aromatic nitrogens is 1. The highest BCUT2D eigenvalue weighted by atomic mass is 16.5. The van der Waals surface area contributed by atoms with Gasteiger partial charge in [0.05, 0.1) is 6.04 Å². The van der Waals surface area contributed by atoms with E-state index >= 15 is 0 Å². The highest BCUT2D eigenvalue weighted by Crippen LogP contribution is 2.23. The topological polar surface area (TPSA) is 101 Å². The summed E-state index contributed by atoms with van der Waals surface area (Å²) in [5.74, 6) is -0.715. The van der Waals surface area contributed by atoms with E-state index in [1.165, 1.54) is 19.2 Å². The van der Waals surface area contributed by atoms with Gasteiger partial charge in [0.2, 0.25) is 0 Å². The molecule has 0 unspecified atom stereocenters. The summed E-state index contributed by atoms with van der Waals surface area (Å²) >= 11 is 0. The molecule has 1 amide bonds. The van der Waals surface area contributed by atoms with Gasteiger partial charge in [-0.25, -0.2) is 4.79 Å². The number of fused-ring (bicyclic) bond motifs is 1. The highest BCUT2D eigenvalue weighted by molar-refractivity contribution is 5.97. The van der Waals surface area contributed by atoms with E-state index in [1.54, 1.807) is 6.92 Å². The van der Waals surface area contributed by atoms with Crippen molar-refractivity contribution in [2.45, 2.75) is 19.9 Å². The number of ketones is 1. The average molecular weight is 354 g/mol. The standard InChI is InChI=1S/C19H18N2O5/c1-11(17-8-13-5-3-4-6-16(13)26-17)21-18(23)10-25-19(24)15-7-14(9-20-15)12(2)22/h3-9,11,20H,10H2,1-2H3,(H,21,23)/t11-/m1/s1. The van der Waals surface area contributed by atoms with Crippen LogP contribution in [0.15, 0.2) is 47.0 Å². The highest BCUT2D eigenvalue weighted by Gasteiger charge is 2.17. The number of furan rings is 1. The van der Waals surface area contributed by atoms with E-state index in [0.29, 0.717) is 11.3 Å². The second-order valence-electron chi connectivity index (χ2n) is 5.91. The Bertz CT molecular complexity index is 936. The van der Waals surface area contributed by atoms with Crippen molar-refractivity contribution in [3.8, 4) is 0 Å². The van der Waals surface area contributed by atoms with Crippen molar-refractivity contribution in [2.24, 2.45) is 0 Å². The van der Waals surface area contributed by atoms with Crippen LogP contribution in [0.2, 0.25) is 0 Å². The number of esters is 1. The van der Waals surface area contributed by atoms with E-state index in [1.807, 2.05) is 30.3 Å². The molecular formula is C19H18N2O5. The molecule has 0 saturated carbocycles. The fraction of sp³-hybridized carbons (Fsp3) is 0.211. The third kappa shape index (κ3) is 3.83. The van der Waals surface area contributed by atoms with Gasteiger partial charge in [0, 0.05) is 17.1 Å². The molecule has 0 radical (unpaired) electrons. The zero-order chi connectivity index (χ0) is 18.7. The molecule has 0 bridgehead atoms. The third-order valence-corrected chi connectivity index (χ3v) is 3.89. The Labute approximate surface area is 149 Å². The Kier molecular flexibility index (Phi) is 4.88. The Balaban J connectivity index is 1.54. The average Bonchev–Trinajstić information content (AvgIpc) is 3.26. The van der Waals surface area contributed by atoms with Gasteiger partial charge in [-0.2, -0.15) is 0 Å². The van der Waals surface area contributed by atoms with Crippen LogP contribution in [-0.4, -0.2) is 29.3 Å². The number of Topliss-reactive ketones (excluding diaryl/α,β-unsaturated/α-hetero) is 1. The lowest BCUT2D eigenvalue weighted by atomic mass is 10.2. The van der Waals surface area contributed by atoms with Gasteiger partial charge < -0.3 is 19.5 Å². The Morgan fingerprint density at radius 2 is 2.00 bits per heavy atom. The molecule has 2 N–H and O–H groups in total. The smallest absolute Gasteiger partial charge is 0.355 e. The molecule has 0 aliphatic carbocycles. The van der Waals surface area contributed by atoms with Crippen LogP contribution in [0.1, 0.15) is 46.5 Å². The van der Waals surface area contributed by atoms with E-state index in [9.17, 15) is 14.4 Å². The molecule has 0 aliphatic rings. The molecule has 7 heteroatoms. The predicted octanol–water partition coefficient (Wildman–Crippen LogP) is 3.00. The number of benzene rings is 1. The van der Waals surface area contributed by atoms with Crippen molar-refractivity contribution in [1.82, 2.24) is 10.3 Å². The van der Waals surface area contributed by atoms with Crippen molar-refractivity contribution in [1.29, 1.82) is 0 Å². The molecule has 1 aromatic carbocycles. The zero-order valence-electron chi connectivity index (χ0n) is 14.4. The molecule has 2 heterocycles. The molecule has 0 fully saturated rings. The molecule has 0 aliphatic heterocycles. The Hall–Kier alpha value is -3.35. The number of para-hydroxylation sites is 1.